The lowest BCUT2D eigenvalue weighted by atomic mass is 10.2. The first-order valence-corrected chi connectivity index (χ1v) is 4.16. The number of amides is 1. The topological polar surface area (TPSA) is 57.6 Å². The van der Waals surface area contributed by atoms with E-state index < -0.39 is 12.0 Å². The molecule has 13 heavy (non-hydrogen) atoms. The number of aliphatic carboxylic acids is 1. The Kier molecular flexibility index (Phi) is 4.80. The second-order valence-electron chi connectivity index (χ2n) is 2.71. The predicted octanol–water partition coefficient (Wildman–Crippen LogP) is 0.884. The minimum absolute atomic E-state index is 0.281. The highest BCUT2D eigenvalue weighted by Gasteiger charge is 2.22. The molecule has 0 aliphatic carbocycles. The third-order valence-corrected chi connectivity index (χ3v) is 1.80. The molecule has 0 saturated carbocycles. The molecule has 4 heteroatoms. The fourth-order valence-corrected chi connectivity index (χ4v) is 1.03. The average molecular weight is 185 g/mol. The maximum absolute atomic E-state index is 11.2. The van der Waals surface area contributed by atoms with Crippen molar-refractivity contribution in [3.8, 4) is 0 Å². The van der Waals surface area contributed by atoms with Crippen molar-refractivity contribution >= 4 is 11.9 Å². The molecule has 0 aliphatic rings. The third kappa shape index (κ3) is 3.27. The number of likely N-dealkylation sites (N-methyl/N-ethyl adjacent to an activating group) is 1. The molecule has 4 nitrogen and oxygen atoms in total. The van der Waals surface area contributed by atoms with Gasteiger partial charge in [0.1, 0.15) is 6.04 Å². The van der Waals surface area contributed by atoms with Gasteiger partial charge < -0.3 is 10.0 Å². The van der Waals surface area contributed by atoms with Crippen molar-refractivity contribution in [2.75, 3.05) is 7.05 Å². The van der Waals surface area contributed by atoms with Crippen LogP contribution in [-0.4, -0.2) is 35.0 Å². The zero-order valence-electron chi connectivity index (χ0n) is 8.15. The van der Waals surface area contributed by atoms with E-state index in [9.17, 15) is 9.59 Å². The molecular weight excluding hydrogens is 170 g/mol. The first kappa shape index (κ1) is 11.7. The third-order valence-electron chi connectivity index (χ3n) is 1.80. The number of hydrogen-bond donors (Lipinski definition) is 1. The second-order valence-corrected chi connectivity index (χ2v) is 2.71. The summed E-state index contributed by atoms with van der Waals surface area (Å²) in [6.45, 7) is 3.45. The van der Waals surface area contributed by atoms with Gasteiger partial charge in [-0.3, -0.25) is 4.79 Å². The van der Waals surface area contributed by atoms with Crippen LogP contribution in [0.1, 0.15) is 20.3 Å². The highest BCUT2D eigenvalue weighted by atomic mass is 16.4. The maximum Gasteiger partial charge on any atom is 0.326 e. The SMILES string of the molecule is CC=CC(=O)N(C)C(CC)C(=O)O. The van der Waals surface area contributed by atoms with E-state index >= 15 is 0 Å². The summed E-state index contributed by atoms with van der Waals surface area (Å²) in [5.41, 5.74) is 0. The minimum Gasteiger partial charge on any atom is -0.480 e. The largest absolute Gasteiger partial charge is 0.480 e. The first-order chi connectivity index (χ1) is 6.04. The summed E-state index contributed by atoms with van der Waals surface area (Å²) >= 11 is 0. The van der Waals surface area contributed by atoms with E-state index in [1.807, 2.05) is 0 Å². The van der Waals surface area contributed by atoms with E-state index in [0.29, 0.717) is 6.42 Å². The summed E-state index contributed by atoms with van der Waals surface area (Å²) in [6, 6.07) is -0.733. The molecule has 1 amide bonds. The average Bonchev–Trinajstić information content (AvgIpc) is 2.05. The summed E-state index contributed by atoms with van der Waals surface area (Å²) in [5.74, 6) is -1.25. The van der Waals surface area contributed by atoms with Gasteiger partial charge in [0.15, 0.2) is 0 Å². The van der Waals surface area contributed by atoms with Crippen molar-refractivity contribution in [1.82, 2.24) is 4.90 Å². The number of nitrogens with zero attached hydrogens (tertiary/aromatic N) is 1. The van der Waals surface area contributed by atoms with Gasteiger partial charge in [0.05, 0.1) is 0 Å². The van der Waals surface area contributed by atoms with Crippen LogP contribution in [0.25, 0.3) is 0 Å². The van der Waals surface area contributed by atoms with Gasteiger partial charge >= 0.3 is 5.97 Å². The van der Waals surface area contributed by atoms with E-state index in [-0.39, 0.29) is 5.91 Å². The van der Waals surface area contributed by atoms with E-state index in [0.717, 1.165) is 0 Å². The summed E-state index contributed by atoms with van der Waals surface area (Å²) in [4.78, 5) is 23.1. The zero-order valence-corrected chi connectivity index (χ0v) is 8.15. The van der Waals surface area contributed by atoms with Crippen LogP contribution in [0.3, 0.4) is 0 Å². The fourth-order valence-electron chi connectivity index (χ4n) is 1.03. The van der Waals surface area contributed by atoms with Crippen LogP contribution in [0.2, 0.25) is 0 Å². The van der Waals surface area contributed by atoms with E-state index in [4.69, 9.17) is 5.11 Å². The van der Waals surface area contributed by atoms with Crippen molar-refractivity contribution in [2.45, 2.75) is 26.3 Å². The monoisotopic (exact) mass is 185 g/mol. The molecule has 1 unspecified atom stereocenters. The Morgan fingerprint density at radius 3 is 2.38 bits per heavy atom. The summed E-state index contributed by atoms with van der Waals surface area (Å²) in [6.07, 6.45) is 3.36. The summed E-state index contributed by atoms with van der Waals surface area (Å²) in [5, 5.41) is 8.74. The van der Waals surface area contributed by atoms with Crippen molar-refractivity contribution in [3.05, 3.63) is 12.2 Å². The highest BCUT2D eigenvalue weighted by Crippen LogP contribution is 2.02. The Morgan fingerprint density at radius 1 is 1.54 bits per heavy atom. The van der Waals surface area contributed by atoms with Crippen molar-refractivity contribution in [1.29, 1.82) is 0 Å². The molecule has 0 aliphatic heterocycles. The Morgan fingerprint density at radius 2 is 2.08 bits per heavy atom. The Balaban J connectivity index is 4.45. The molecule has 1 atom stereocenters. The molecule has 0 bridgehead atoms. The van der Waals surface area contributed by atoms with Crippen LogP contribution in [0.5, 0.6) is 0 Å². The molecule has 0 rings (SSSR count). The molecule has 0 heterocycles. The standard InChI is InChI=1S/C9H15NO3/c1-4-6-8(11)10(3)7(5-2)9(12)13/h4,6-7H,5H2,1-3H3,(H,12,13). The number of rotatable bonds is 4. The molecule has 0 spiro atoms. The number of carbonyl (C=O) groups is 2. The summed E-state index contributed by atoms with van der Waals surface area (Å²) in [7, 11) is 1.49. The van der Waals surface area contributed by atoms with Gasteiger partial charge in [-0.15, -0.1) is 0 Å². The van der Waals surface area contributed by atoms with Gasteiger partial charge in [0, 0.05) is 7.05 Å². The predicted molar refractivity (Wildman–Crippen MR) is 49.3 cm³/mol. The lowest BCUT2D eigenvalue weighted by molar-refractivity contribution is -0.147. The molecule has 0 radical (unpaired) electrons. The second kappa shape index (κ2) is 5.35. The van der Waals surface area contributed by atoms with Gasteiger partial charge in [-0.05, 0) is 19.4 Å². The van der Waals surface area contributed by atoms with E-state index in [2.05, 4.69) is 0 Å². The molecule has 0 saturated heterocycles. The highest BCUT2D eigenvalue weighted by molar-refractivity contribution is 5.90. The Labute approximate surface area is 77.8 Å². The first-order valence-electron chi connectivity index (χ1n) is 4.16. The molecule has 1 N–H and O–H groups in total. The van der Waals surface area contributed by atoms with Crippen LogP contribution >= 0.6 is 0 Å². The van der Waals surface area contributed by atoms with Crippen LogP contribution in [0.15, 0.2) is 12.2 Å². The minimum atomic E-state index is -0.970. The van der Waals surface area contributed by atoms with Crippen LogP contribution in [-0.2, 0) is 9.59 Å². The van der Waals surface area contributed by atoms with Crippen molar-refractivity contribution in [2.24, 2.45) is 0 Å². The molecule has 0 fully saturated rings. The zero-order chi connectivity index (χ0) is 10.4. The van der Waals surface area contributed by atoms with Crippen LogP contribution in [0, 0.1) is 0 Å². The molecule has 74 valence electrons. The molecule has 0 aromatic rings. The van der Waals surface area contributed by atoms with Gasteiger partial charge in [0.2, 0.25) is 5.91 Å². The summed E-state index contributed by atoms with van der Waals surface area (Å²) < 4.78 is 0. The van der Waals surface area contributed by atoms with Gasteiger partial charge in [-0.25, -0.2) is 4.79 Å². The maximum atomic E-state index is 11.2. The lowest BCUT2D eigenvalue weighted by Crippen LogP contribution is -2.41. The van der Waals surface area contributed by atoms with Crippen molar-refractivity contribution in [3.63, 3.8) is 0 Å². The smallest absolute Gasteiger partial charge is 0.326 e. The number of carbonyl (C=O) groups excluding carboxylic acids is 1. The molecule has 0 aromatic heterocycles. The lowest BCUT2D eigenvalue weighted by Gasteiger charge is -2.22. The fraction of sp³-hybridized carbons (Fsp3) is 0.556. The van der Waals surface area contributed by atoms with Gasteiger partial charge in [0.25, 0.3) is 0 Å². The van der Waals surface area contributed by atoms with Crippen molar-refractivity contribution < 1.29 is 14.7 Å². The molecular formula is C9H15NO3. The number of carboxylic acids is 1. The quantitative estimate of drug-likeness (QED) is 0.661. The molecule has 0 aromatic carbocycles. The van der Waals surface area contributed by atoms with Crippen LogP contribution < -0.4 is 0 Å². The normalized spacial score (nSPS) is 12.8. The van der Waals surface area contributed by atoms with E-state index in [1.54, 1.807) is 19.9 Å². The van der Waals surface area contributed by atoms with Gasteiger partial charge in [-0.2, -0.15) is 0 Å². The Bertz CT molecular complexity index is 223. The number of hydrogen-bond acceptors (Lipinski definition) is 2. The van der Waals surface area contributed by atoms with E-state index in [1.165, 1.54) is 18.0 Å². The van der Waals surface area contributed by atoms with Crippen LogP contribution in [0.4, 0.5) is 0 Å². The van der Waals surface area contributed by atoms with Gasteiger partial charge in [-0.1, -0.05) is 13.0 Å². The number of allylic oxidation sites excluding steroid dienone is 1. The Hall–Kier alpha value is -1.32. The number of carboxylic acid groups (broad SMARTS) is 1.